The Morgan fingerprint density at radius 2 is 1.64 bits per heavy atom. The van der Waals surface area contributed by atoms with Crippen LogP contribution < -0.4 is 10.2 Å². The van der Waals surface area contributed by atoms with E-state index in [4.69, 9.17) is 4.74 Å². The normalized spacial score (nSPS) is 17.9. The number of aryl methyl sites for hydroxylation is 1. The molecular formula is C29H38N4O3. The third-order valence-electron chi connectivity index (χ3n) is 6.44. The van der Waals surface area contributed by atoms with Gasteiger partial charge >= 0.3 is 5.97 Å². The Balaban J connectivity index is 0.000000221. The fourth-order valence-electron chi connectivity index (χ4n) is 4.45. The van der Waals surface area contributed by atoms with Gasteiger partial charge < -0.3 is 15.0 Å². The summed E-state index contributed by atoms with van der Waals surface area (Å²) in [6, 6.07) is 17.2. The highest BCUT2D eigenvalue weighted by atomic mass is 16.5. The summed E-state index contributed by atoms with van der Waals surface area (Å²) in [5, 5.41) is 4.06. The highest BCUT2D eigenvalue weighted by Crippen LogP contribution is 2.28. The SMILES string of the molecule is CC(=O)OC(C(=O)NCC1CCC(C)CC1)c1ccccc1.Cc1nc(N(C)C)c2ccccc2n1. The molecule has 192 valence electrons. The quantitative estimate of drug-likeness (QED) is 0.476. The van der Waals surface area contributed by atoms with Gasteiger partial charge in [-0.25, -0.2) is 9.97 Å². The smallest absolute Gasteiger partial charge is 0.303 e. The van der Waals surface area contributed by atoms with Gasteiger partial charge in [-0.05, 0) is 43.7 Å². The molecule has 1 heterocycles. The molecule has 1 N–H and O–H groups in total. The van der Waals surface area contributed by atoms with Crippen molar-refractivity contribution in [1.29, 1.82) is 0 Å². The second-order valence-electron chi connectivity index (χ2n) is 9.78. The maximum atomic E-state index is 12.4. The van der Waals surface area contributed by atoms with Crippen LogP contribution in [0.3, 0.4) is 0 Å². The minimum absolute atomic E-state index is 0.236. The number of nitrogens with one attached hydrogen (secondary N) is 1. The highest BCUT2D eigenvalue weighted by molar-refractivity contribution is 5.89. The van der Waals surface area contributed by atoms with E-state index in [9.17, 15) is 9.59 Å². The highest BCUT2D eigenvalue weighted by Gasteiger charge is 2.25. The van der Waals surface area contributed by atoms with Crippen molar-refractivity contribution in [1.82, 2.24) is 15.3 Å². The fourth-order valence-corrected chi connectivity index (χ4v) is 4.45. The van der Waals surface area contributed by atoms with E-state index in [0.29, 0.717) is 18.0 Å². The van der Waals surface area contributed by atoms with E-state index in [1.807, 2.05) is 68.4 Å². The summed E-state index contributed by atoms with van der Waals surface area (Å²) in [7, 11) is 3.99. The molecular weight excluding hydrogens is 452 g/mol. The van der Waals surface area contributed by atoms with Crippen LogP contribution in [0.25, 0.3) is 10.9 Å². The maximum Gasteiger partial charge on any atom is 0.303 e. The number of nitrogens with zero attached hydrogens (tertiary/aromatic N) is 3. The standard InChI is InChI=1S/C18H25NO3.C11H13N3/c1-13-8-10-15(11-9-13)12-19-18(21)17(22-14(2)20)16-6-4-3-5-7-16;1-8-12-10-7-5-4-6-9(10)11(13-8)14(2)3/h3-7,13,15,17H,8-12H2,1-2H3,(H,19,21);4-7H,1-3H3. The lowest BCUT2D eigenvalue weighted by Gasteiger charge is -2.27. The van der Waals surface area contributed by atoms with Crippen molar-refractivity contribution in [3.8, 4) is 0 Å². The minimum Gasteiger partial charge on any atom is -0.447 e. The first-order chi connectivity index (χ1) is 17.2. The Morgan fingerprint density at radius 3 is 2.28 bits per heavy atom. The van der Waals surface area contributed by atoms with Crippen molar-refractivity contribution < 1.29 is 14.3 Å². The lowest BCUT2D eigenvalue weighted by Crippen LogP contribution is -2.36. The Kier molecular flexibility index (Phi) is 9.79. The van der Waals surface area contributed by atoms with E-state index in [1.54, 1.807) is 12.1 Å². The molecule has 0 saturated heterocycles. The number of amides is 1. The number of carbonyl (C=O) groups excluding carboxylic acids is 2. The number of anilines is 1. The second-order valence-corrected chi connectivity index (χ2v) is 9.78. The molecule has 1 aromatic heterocycles. The number of aromatic nitrogens is 2. The van der Waals surface area contributed by atoms with Crippen LogP contribution in [0.5, 0.6) is 0 Å². The van der Waals surface area contributed by atoms with Crippen LogP contribution in [0.2, 0.25) is 0 Å². The number of hydrogen-bond acceptors (Lipinski definition) is 6. The zero-order valence-electron chi connectivity index (χ0n) is 22.0. The number of rotatable bonds is 6. The zero-order valence-corrected chi connectivity index (χ0v) is 22.0. The molecule has 1 aliphatic carbocycles. The van der Waals surface area contributed by atoms with Crippen molar-refractivity contribution >= 4 is 28.6 Å². The van der Waals surface area contributed by atoms with Crippen LogP contribution >= 0.6 is 0 Å². The average molecular weight is 491 g/mol. The Morgan fingerprint density at radius 1 is 1.00 bits per heavy atom. The first kappa shape index (κ1) is 27.1. The first-order valence-electron chi connectivity index (χ1n) is 12.6. The van der Waals surface area contributed by atoms with Crippen LogP contribution in [0.4, 0.5) is 5.82 Å². The molecule has 7 heteroatoms. The largest absolute Gasteiger partial charge is 0.447 e. The van der Waals surface area contributed by atoms with Gasteiger partial charge in [0, 0.05) is 38.5 Å². The molecule has 0 radical (unpaired) electrons. The predicted molar refractivity (Wildman–Crippen MR) is 144 cm³/mol. The minimum atomic E-state index is -0.860. The Labute approximate surface area is 214 Å². The van der Waals surface area contributed by atoms with E-state index >= 15 is 0 Å². The summed E-state index contributed by atoms with van der Waals surface area (Å²) in [6.45, 7) is 6.18. The number of ether oxygens (including phenoxy) is 1. The first-order valence-corrected chi connectivity index (χ1v) is 12.6. The van der Waals surface area contributed by atoms with E-state index in [0.717, 1.165) is 41.3 Å². The molecule has 1 amide bonds. The fraction of sp³-hybridized carbons (Fsp3) is 0.448. The summed E-state index contributed by atoms with van der Waals surface area (Å²) < 4.78 is 5.20. The number of para-hydroxylation sites is 1. The topological polar surface area (TPSA) is 84.4 Å². The molecule has 0 spiro atoms. The number of fused-ring (bicyclic) bond motifs is 1. The lowest BCUT2D eigenvalue weighted by atomic mass is 9.83. The van der Waals surface area contributed by atoms with Gasteiger partial charge in [0.15, 0.2) is 0 Å². The van der Waals surface area contributed by atoms with Crippen molar-refractivity contribution in [2.75, 3.05) is 25.5 Å². The Bertz CT molecular complexity index is 1140. The number of carbonyl (C=O) groups is 2. The van der Waals surface area contributed by atoms with Gasteiger partial charge in [-0.15, -0.1) is 0 Å². The van der Waals surface area contributed by atoms with Crippen LogP contribution in [0.15, 0.2) is 54.6 Å². The third kappa shape index (κ3) is 7.77. The summed E-state index contributed by atoms with van der Waals surface area (Å²) in [4.78, 5) is 34.5. The van der Waals surface area contributed by atoms with Crippen LogP contribution in [0, 0.1) is 18.8 Å². The molecule has 1 fully saturated rings. The van der Waals surface area contributed by atoms with Crippen molar-refractivity contribution in [3.05, 3.63) is 66.0 Å². The summed E-state index contributed by atoms with van der Waals surface area (Å²) in [5.74, 6) is 2.44. The van der Waals surface area contributed by atoms with Crippen LogP contribution in [-0.4, -0.2) is 42.5 Å². The summed E-state index contributed by atoms with van der Waals surface area (Å²) >= 11 is 0. The van der Waals surface area contributed by atoms with Gasteiger partial charge in [0.2, 0.25) is 6.10 Å². The van der Waals surface area contributed by atoms with Crippen LogP contribution in [0.1, 0.15) is 57.0 Å². The van der Waals surface area contributed by atoms with Gasteiger partial charge in [0.05, 0.1) is 5.52 Å². The number of hydrogen-bond donors (Lipinski definition) is 1. The molecule has 0 bridgehead atoms. The molecule has 1 saturated carbocycles. The molecule has 1 atom stereocenters. The third-order valence-corrected chi connectivity index (χ3v) is 6.44. The maximum absolute atomic E-state index is 12.4. The molecule has 1 aliphatic rings. The van der Waals surface area contributed by atoms with E-state index in [1.165, 1.54) is 19.8 Å². The van der Waals surface area contributed by atoms with Crippen molar-refractivity contribution in [3.63, 3.8) is 0 Å². The van der Waals surface area contributed by atoms with E-state index < -0.39 is 12.1 Å². The molecule has 7 nitrogen and oxygen atoms in total. The average Bonchev–Trinajstić information content (AvgIpc) is 2.87. The van der Waals surface area contributed by atoms with Gasteiger partial charge in [-0.1, -0.05) is 62.2 Å². The van der Waals surface area contributed by atoms with Gasteiger partial charge in [0.25, 0.3) is 5.91 Å². The van der Waals surface area contributed by atoms with E-state index in [-0.39, 0.29) is 5.91 Å². The van der Waals surface area contributed by atoms with E-state index in [2.05, 4.69) is 22.2 Å². The molecule has 1 unspecified atom stereocenters. The molecule has 2 aromatic carbocycles. The van der Waals surface area contributed by atoms with Crippen LogP contribution in [-0.2, 0) is 14.3 Å². The lowest BCUT2D eigenvalue weighted by molar-refractivity contribution is -0.154. The molecule has 3 aromatic rings. The molecule has 0 aliphatic heterocycles. The zero-order chi connectivity index (χ0) is 26.1. The molecule has 4 rings (SSSR count). The predicted octanol–water partition coefficient (Wildman–Crippen LogP) is 5.24. The molecule has 36 heavy (non-hydrogen) atoms. The second kappa shape index (κ2) is 13.0. The Hall–Kier alpha value is -3.48. The van der Waals surface area contributed by atoms with Gasteiger partial charge in [-0.3, -0.25) is 9.59 Å². The van der Waals surface area contributed by atoms with Gasteiger partial charge in [-0.2, -0.15) is 0 Å². The summed E-state index contributed by atoms with van der Waals surface area (Å²) in [6.07, 6.45) is 3.91. The number of esters is 1. The van der Waals surface area contributed by atoms with Crippen molar-refractivity contribution in [2.24, 2.45) is 11.8 Å². The van der Waals surface area contributed by atoms with Gasteiger partial charge in [0.1, 0.15) is 11.6 Å². The summed E-state index contributed by atoms with van der Waals surface area (Å²) in [5.41, 5.74) is 1.70. The monoisotopic (exact) mass is 490 g/mol. The van der Waals surface area contributed by atoms with Crippen molar-refractivity contribution in [2.45, 2.75) is 52.6 Å². The number of benzene rings is 2.